The first-order valence-corrected chi connectivity index (χ1v) is 3.83. The Kier molecular flexibility index (Phi) is 4.82. The number of hydrogen-bond donors (Lipinski definition) is 0. The summed E-state index contributed by atoms with van der Waals surface area (Å²) in [5.74, 6) is -6.15. The quantitative estimate of drug-likeness (QED) is 0.288. The maximum absolute atomic E-state index is 12.0. The van der Waals surface area contributed by atoms with Crippen LogP contribution < -0.4 is 0 Å². The molecule has 0 amide bonds. The number of hydrogen-bond acceptors (Lipinski definition) is 1. The molecule has 0 saturated carbocycles. The van der Waals surface area contributed by atoms with Gasteiger partial charge in [0.25, 0.3) is 0 Å². The van der Waals surface area contributed by atoms with Gasteiger partial charge in [0.15, 0.2) is 17.5 Å². The molecule has 0 aliphatic carbocycles. The van der Waals surface area contributed by atoms with Gasteiger partial charge in [-0.2, -0.15) is 0 Å². The van der Waals surface area contributed by atoms with Crippen LogP contribution in [0.1, 0.15) is 0 Å². The van der Waals surface area contributed by atoms with Gasteiger partial charge in [-0.1, -0.05) is 0 Å². The molecule has 1 rings (SSSR count). The van der Waals surface area contributed by atoms with Gasteiger partial charge in [0.2, 0.25) is 0 Å². The summed E-state index contributed by atoms with van der Waals surface area (Å²) < 4.78 is 56.1. The van der Waals surface area contributed by atoms with Crippen molar-refractivity contribution in [3.63, 3.8) is 0 Å². The molecular weight excluding hydrogens is 229 g/mol. The average Bonchev–Trinajstić information content (AvgIpc) is 2.04. The molecule has 0 heterocycles. The Morgan fingerprint density at radius 3 is 2.08 bits per heavy atom. The molecule has 6 heteroatoms. The van der Waals surface area contributed by atoms with Crippen molar-refractivity contribution in [2.45, 2.75) is 0 Å². The molecule has 61 valence electrons. The molecule has 0 aliphatic rings. The zero-order valence-electron chi connectivity index (χ0n) is 5.70. The van der Waals surface area contributed by atoms with E-state index in [1.165, 1.54) is 6.07 Å². The van der Waals surface area contributed by atoms with Gasteiger partial charge in [0, 0.05) is 6.07 Å². The van der Waals surface area contributed by atoms with E-state index in [0.29, 0.717) is 0 Å². The summed E-state index contributed by atoms with van der Waals surface area (Å²) >= 11 is 0.125. The summed E-state index contributed by atoms with van der Waals surface area (Å²) in [7, 11) is 0. The summed E-state index contributed by atoms with van der Waals surface area (Å²) in [5.41, 5.74) is 0. The summed E-state index contributed by atoms with van der Waals surface area (Å²) in [6.45, 7) is 0. The van der Waals surface area contributed by atoms with Crippen molar-refractivity contribution < 1.29 is 39.4 Å². The van der Waals surface area contributed by atoms with Crippen LogP contribution in [0.2, 0.25) is 0 Å². The van der Waals surface area contributed by atoms with Crippen molar-refractivity contribution in [1.82, 2.24) is 0 Å². The van der Waals surface area contributed by atoms with Crippen LogP contribution in [0, 0.1) is 29.3 Å². The second-order valence-electron chi connectivity index (χ2n) is 1.59. The molecule has 0 atom stereocenters. The topological polar surface area (TPSA) is 17.1 Å². The van der Waals surface area contributed by atoms with Crippen LogP contribution in [0.3, 0.4) is 0 Å². The molecular formula is C6HF4OZn. The molecule has 0 bridgehead atoms. The Hall–Kier alpha value is -0.637. The van der Waals surface area contributed by atoms with Gasteiger partial charge in [-0.3, -0.25) is 0 Å². The van der Waals surface area contributed by atoms with E-state index in [9.17, 15) is 17.6 Å². The Labute approximate surface area is 75.3 Å². The monoisotopic (exact) mass is 229 g/mol. The molecule has 1 aromatic rings. The Balaban J connectivity index is 0.000000561. The molecule has 0 N–H and O–H groups in total. The standard InChI is InChI=1S/C6HF4.O.Zn/c7-3-1-4(8)6(10)5(9)2-3;;/h1H;;. The maximum atomic E-state index is 12.0. The molecule has 1 radical (unpaired) electrons. The molecule has 12 heavy (non-hydrogen) atoms. The number of benzene rings is 1. The van der Waals surface area contributed by atoms with Crippen LogP contribution in [0.5, 0.6) is 0 Å². The van der Waals surface area contributed by atoms with Crippen molar-refractivity contribution in [2.24, 2.45) is 0 Å². The zero-order valence-corrected chi connectivity index (χ0v) is 8.67. The average molecular weight is 230 g/mol. The summed E-state index contributed by atoms with van der Waals surface area (Å²) in [5, 5.41) is 0. The van der Waals surface area contributed by atoms with Crippen LogP contribution in [-0.4, -0.2) is 0 Å². The van der Waals surface area contributed by atoms with E-state index in [2.05, 4.69) is 0 Å². The van der Waals surface area contributed by atoms with Gasteiger partial charge in [0.05, 0.1) is 6.07 Å². The first kappa shape index (κ1) is 11.4. The van der Waals surface area contributed by atoms with E-state index in [1.807, 2.05) is 0 Å². The van der Waals surface area contributed by atoms with Gasteiger partial charge in [0.1, 0.15) is 5.82 Å². The molecule has 0 saturated heterocycles. The molecule has 0 aromatic heterocycles. The van der Waals surface area contributed by atoms with E-state index in [1.54, 1.807) is 0 Å². The van der Waals surface area contributed by atoms with Crippen LogP contribution in [0.25, 0.3) is 0 Å². The van der Waals surface area contributed by atoms with Crippen LogP contribution in [-0.2, 0) is 21.8 Å². The minimum absolute atomic E-state index is 0.125. The fourth-order valence-electron chi connectivity index (χ4n) is 0.475. The van der Waals surface area contributed by atoms with Crippen molar-refractivity contribution in [3.05, 3.63) is 35.4 Å². The molecule has 0 fully saturated rings. The van der Waals surface area contributed by atoms with Gasteiger partial charge in [-0.15, -0.1) is 0 Å². The fraction of sp³-hybridized carbons (Fsp3) is 0. The van der Waals surface area contributed by atoms with Crippen molar-refractivity contribution in [1.29, 1.82) is 0 Å². The number of halogens is 4. The first-order valence-electron chi connectivity index (χ1n) is 2.62. The SMILES string of the molecule is Fc1[c]c(F)c(F)c(F)c1.[O]=[Zn]. The Bertz CT molecular complexity index is 255. The zero-order chi connectivity index (χ0) is 9.72. The first-order chi connectivity index (χ1) is 5.61. The van der Waals surface area contributed by atoms with Crippen molar-refractivity contribution in [3.8, 4) is 0 Å². The summed E-state index contributed by atoms with van der Waals surface area (Å²) in [6.07, 6.45) is 0. The van der Waals surface area contributed by atoms with Gasteiger partial charge >= 0.3 is 21.8 Å². The molecule has 0 aliphatic heterocycles. The normalized spacial score (nSPS) is 8.83. The van der Waals surface area contributed by atoms with E-state index < -0.39 is 23.3 Å². The summed E-state index contributed by atoms with van der Waals surface area (Å²) in [6, 6.07) is 1.55. The minimum atomic E-state index is -1.71. The molecule has 0 spiro atoms. The predicted octanol–water partition coefficient (Wildman–Crippen LogP) is 1.92. The van der Waals surface area contributed by atoms with Gasteiger partial charge < -0.3 is 0 Å². The van der Waals surface area contributed by atoms with E-state index >= 15 is 0 Å². The van der Waals surface area contributed by atoms with Crippen molar-refractivity contribution >= 4 is 0 Å². The third-order valence-electron chi connectivity index (χ3n) is 0.885. The van der Waals surface area contributed by atoms with E-state index in [4.69, 9.17) is 3.57 Å². The van der Waals surface area contributed by atoms with E-state index in [-0.39, 0.29) is 24.3 Å². The molecule has 1 aromatic carbocycles. The van der Waals surface area contributed by atoms with Gasteiger partial charge in [-0.25, -0.2) is 17.6 Å². The Morgan fingerprint density at radius 2 is 1.67 bits per heavy atom. The van der Waals surface area contributed by atoms with Crippen LogP contribution in [0.15, 0.2) is 6.07 Å². The third kappa shape index (κ3) is 2.77. The molecule has 1 nitrogen and oxygen atoms in total. The number of rotatable bonds is 0. The van der Waals surface area contributed by atoms with Crippen LogP contribution >= 0.6 is 0 Å². The summed E-state index contributed by atoms with van der Waals surface area (Å²) in [4.78, 5) is 0. The predicted molar refractivity (Wildman–Crippen MR) is 25.8 cm³/mol. The second-order valence-corrected chi connectivity index (χ2v) is 1.59. The second kappa shape index (κ2) is 5.09. The Morgan fingerprint density at radius 1 is 1.17 bits per heavy atom. The molecule has 0 unspecified atom stereocenters. The fourth-order valence-corrected chi connectivity index (χ4v) is 0.475. The van der Waals surface area contributed by atoms with E-state index in [0.717, 1.165) is 0 Å². The third-order valence-corrected chi connectivity index (χ3v) is 0.885. The van der Waals surface area contributed by atoms with Crippen LogP contribution in [0.4, 0.5) is 17.6 Å². The van der Waals surface area contributed by atoms with Crippen molar-refractivity contribution in [2.75, 3.05) is 0 Å². The van der Waals surface area contributed by atoms with Gasteiger partial charge in [-0.05, 0) is 0 Å².